The number of sulfonamides is 1. The van der Waals surface area contributed by atoms with E-state index in [-0.39, 0.29) is 17.9 Å². The third-order valence-corrected chi connectivity index (χ3v) is 8.11. The molecular formula is C20H31NO4SSi. The fourth-order valence-corrected chi connectivity index (χ4v) is 7.30. The number of hydrogen-bond donors (Lipinski definition) is 0. The van der Waals surface area contributed by atoms with E-state index in [0.717, 1.165) is 5.56 Å². The second kappa shape index (κ2) is 9.48. The van der Waals surface area contributed by atoms with Gasteiger partial charge in [0.2, 0.25) is 10.0 Å². The van der Waals surface area contributed by atoms with Crippen molar-refractivity contribution in [3.63, 3.8) is 0 Å². The summed E-state index contributed by atoms with van der Waals surface area (Å²) in [6.07, 6.45) is 1.53. The molecule has 27 heavy (non-hydrogen) atoms. The molecule has 0 amide bonds. The molecule has 1 unspecified atom stereocenters. The van der Waals surface area contributed by atoms with Gasteiger partial charge in [0.15, 0.2) is 0 Å². The van der Waals surface area contributed by atoms with Crippen LogP contribution in [0.4, 0.5) is 0 Å². The molecule has 0 saturated carbocycles. The molecule has 0 aliphatic rings. The molecule has 0 fully saturated rings. The first kappa shape index (κ1) is 23.3. The van der Waals surface area contributed by atoms with E-state index in [9.17, 15) is 13.2 Å². The maximum Gasteiger partial charge on any atom is 0.335 e. The van der Waals surface area contributed by atoms with Gasteiger partial charge in [-0.2, -0.15) is 4.31 Å². The summed E-state index contributed by atoms with van der Waals surface area (Å²) in [5.74, 6) is -0.594. The van der Waals surface area contributed by atoms with Crippen LogP contribution in [0.25, 0.3) is 0 Å². The van der Waals surface area contributed by atoms with Crippen LogP contribution >= 0.6 is 0 Å². The lowest BCUT2D eigenvalue weighted by Gasteiger charge is -2.32. The summed E-state index contributed by atoms with van der Waals surface area (Å²) in [5.41, 5.74) is 1.73. The van der Waals surface area contributed by atoms with Crippen LogP contribution in [-0.2, 0) is 19.6 Å². The SMILES string of the molecule is C=CCN(C(C(=C)C(=O)OC)c1cccc(C)c1)S(=O)(=O)CC[Si](C)(C)C. The molecule has 1 aromatic carbocycles. The minimum atomic E-state index is -3.64. The predicted octanol–water partition coefficient (Wildman–Crippen LogP) is 3.92. The molecule has 7 heteroatoms. The summed E-state index contributed by atoms with van der Waals surface area (Å²) in [6, 6.07) is 7.22. The highest BCUT2D eigenvalue weighted by molar-refractivity contribution is 7.89. The summed E-state index contributed by atoms with van der Waals surface area (Å²) in [6.45, 7) is 15.9. The van der Waals surface area contributed by atoms with Crippen LogP contribution in [-0.4, -0.2) is 46.2 Å². The van der Waals surface area contributed by atoms with Gasteiger partial charge in [0.1, 0.15) is 0 Å². The lowest BCUT2D eigenvalue weighted by atomic mass is 9.98. The van der Waals surface area contributed by atoms with Crippen molar-refractivity contribution >= 4 is 24.1 Å². The molecule has 5 nitrogen and oxygen atoms in total. The van der Waals surface area contributed by atoms with Gasteiger partial charge >= 0.3 is 5.97 Å². The van der Waals surface area contributed by atoms with Crippen molar-refractivity contribution < 1.29 is 17.9 Å². The van der Waals surface area contributed by atoms with E-state index in [4.69, 9.17) is 4.74 Å². The number of hydrogen-bond acceptors (Lipinski definition) is 4. The van der Waals surface area contributed by atoms with Crippen LogP contribution in [0.15, 0.2) is 49.1 Å². The molecule has 1 aromatic rings. The number of esters is 1. The van der Waals surface area contributed by atoms with Gasteiger partial charge in [-0.15, -0.1) is 6.58 Å². The largest absolute Gasteiger partial charge is 0.466 e. The Morgan fingerprint density at radius 2 is 1.96 bits per heavy atom. The van der Waals surface area contributed by atoms with Crippen molar-refractivity contribution in [2.45, 2.75) is 38.7 Å². The number of carbonyl (C=O) groups excluding carboxylic acids is 1. The van der Waals surface area contributed by atoms with Crippen LogP contribution in [0.5, 0.6) is 0 Å². The van der Waals surface area contributed by atoms with Gasteiger partial charge in [0.05, 0.1) is 24.5 Å². The Morgan fingerprint density at radius 3 is 2.44 bits per heavy atom. The summed E-state index contributed by atoms with van der Waals surface area (Å²) in [4.78, 5) is 12.2. The first-order valence-electron chi connectivity index (χ1n) is 8.87. The van der Waals surface area contributed by atoms with Crippen molar-refractivity contribution in [3.05, 3.63) is 60.2 Å². The average Bonchev–Trinajstić information content (AvgIpc) is 2.58. The summed E-state index contributed by atoms with van der Waals surface area (Å²) in [5, 5.41) is 0. The maximum absolute atomic E-state index is 13.2. The van der Waals surface area contributed by atoms with E-state index in [1.807, 2.05) is 25.1 Å². The molecule has 0 saturated heterocycles. The van der Waals surface area contributed by atoms with Crippen LogP contribution in [0.3, 0.4) is 0 Å². The third kappa shape index (κ3) is 6.75. The van der Waals surface area contributed by atoms with Crippen LogP contribution in [0, 0.1) is 6.92 Å². The topological polar surface area (TPSA) is 63.7 Å². The second-order valence-corrected chi connectivity index (χ2v) is 15.5. The zero-order chi connectivity index (χ0) is 20.8. The van der Waals surface area contributed by atoms with Gasteiger partial charge < -0.3 is 4.74 Å². The molecule has 0 aliphatic carbocycles. The highest BCUT2D eigenvalue weighted by Crippen LogP contribution is 2.32. The summed E-state index contributed by atoms with van der Waals surface area (Å²) < 4.78 is 32.5. The zero-order valence-electron chi connectivity index (χ0n) is 17.0. The highest BCUT2D eigenvalue weighted by Gasteiger charge is 2.35. The Balaban J connectivity index is 3.46. The van der Waals surface area contributed by atoms with Gasteiger partial charge in [-0.05, 0) is 18.5 Å². The molecule has 0 aliphatic heterocycles. The van der Waals surface area contributed by atoms with Gasteiger partial charge in [-0.25, -0.2) is 13.2 Å². The van der Waals surface area contributed by atoms with Gasteiger partial charge in [0.25, 0.3) is 0 Å². The number of nitrogens with zero attached hydrogens (tertiary/aromatic N) is 1. The van der Waals surface area contributed by atoms with E-state index in [1.165, 1.54) is 17.5 Å². The number of aryl methyl sites for hydroxylation is 1. The molecule has 1 atom stereocenters. The quantitative estimate of drug-likeness (QED) is 0.254. The van der Waals surface area contributed by atoms with Crippen LogP contribution in [0.1, 0.15) is 17.2 Å². The lowest BCUT2D eigenvalue weighted by Crippen LogP contribution is -2.40. The fraction of sp³-hybridized carbons (Fsp3) is 0.450. The average molecular weight is 410 g/mol. The number of carbonyl (C=O) groups is 1. The molecule has 0 spiro atoms. The molecule has 0 heterocycles. The van der Waals surface area contributed by atoms with Crippen molar-refractivity contribution in [1.82, 2.24) is 4.31 Å². The van der Waals surface area contributed by atoms with Crippen molar-refractivity contribution in [2.24, 2.45) is 0 Å². The molecule has 150 valence electrons. The Kier molecular flexibility index (Phi) is 8.19. The highest BCUT2D eigenvalue weighted by atomic mass is 32.2. The fourth-order valence-electron chi connectivity index (χ4n) is 2.68. The standard InChI is InChI=1S/C20H31NO4SSi/c1-8-12-21(26(23,24)13-14-27(5,6)7)19(17(3)20(22)25-4)18-11-9-10-16(2)15-18/h8-11,15,19H,1,3,12-14H2,2,4-7H3. The Labute approximate surface area is 164 Å². The predicted molar refractivity (Wildman–Crippen MR) is 114 cm³/mol. The molecule has 0 radical (unpaired) electrons. The Hall–Kier alpha value is -1.70. The second-order valence-electron chi connectivity index (χ2n) is 7.82. The van der Waals surface area contributed by atoms with Crippen LogP contribution < -0.4 is 0 Å². The van der Waals surface area contributed by atoms with Crippen molar-refractivity contribution in [2.75, 3.05) is 19.4 Å². The van der Waals surface area contributed by atoms with Gasteiger partial charge in [-0.1, -0.05) is 62.1 Å². The Bertz CT molecular complexity index is 796. The van der Waals surface area contributed by atoms with Gasteiger partial charge in [-0.3, -0.25) is 0 Å². The van der Waals surface area contributed by atoms with E-state index >= 15 is 0 Å². The Morgan fingerprint density at radius 1 is 1.33 bits per heavy atom. The van der Waals surface area contributed by atoms with Crippen molar-refractivity contribution in [1.29, 1.82) is 0 Å². The van der Waals surface area contributed by atoms with E-state index < -0.39 is 30.1 Å². The normalized spacial score (nSPS) is 13.3. The number of methoxy groups -OCH3 is 1. The third-order valence-electron chi connectivity index (χ3n) is 4.20. The summed E-state index contributed by atoms with van der Waals surface area (Å²) >= 11 is 0. The van der Waals surface area contributed by atoms with E-state index in [0.29, 0.717) is 11.6 Å². The van der Waals surface area contributed by atoms with E-state index in [1.54, 1.807) is 6.07 Å². The minimum Gasteiger partial charge on any atom is -0.466 e. The zero-order valence-corrected chi connectivity index (χ0v) is 18.8. The van der Waals surface area contributed by atoms with Crippen LogP contribution in [0.2, 0.25) is 25.7 Å². The number of benzene rings is 1. The van der Waals surface area contributed by atoms with Crippen molar-refractivity contribution in [3.8, 4) is 0 Å². The smallest absolute Gasteiger partial charge is 0.335 e. The maximum atomic E-state index is 13.2. The monoisotopic (exact) mass is 409 g/mol. The first-order valence-corrected chi connectivity index (χ1v) is 14.2. The number of ether oxygens (including phenoxy) is 1. The van der Waals surface area contributed by atoms with E-state index in [2.05, 4.69) is 32.8 Å². The number of rotatable bonds is 10. The molecular weight excluding hydrogens is 378 g/mol. The first-order chi connectivity index (χ1) is 12.4. The molecule has 0 bridgehead atoms. The van der Waals surface area contributed by atoms with Gasteiger partial charge in [0, 0.05) is 14.6 Å². The molecule has 1 rings (SSSR count). The molecule has 0 aromatic heterocycles. The summed E-state index contributed by atoms with van der Waals surface area (Å²) in [7, 11) is -3.93. The molecule has 0 N–H and O–H groups in total. The minimum absolute atomic E-state index is 0.0351. The lowest BCUT2D eigenvalue weighted by molar-refractivity contribution is -0.136.